The van der Waals surface area contributed by atoms with Crippen molar-refractivity contribution in [2.24, 2.45) is 0 Å². The second-order valence-electron chi connectivity index (χ2n) is 3.61. The maximum atomic E-state index is 9.30. The van der Waals surface area contributed by atoms with Gasteiger partial charge in [-0.2, -0.15) is 0 Å². The molecule has 0 saturated heterocycles. The van der Waals surface area contributed by atoms with Crippen molar-refractivity contribution in [1.82, 2.24) is 0 Å². The van der Waals surface area contributed by atoms with Crippen molar-refractivity contribution in [1.29, 1.82) is 0 Å². The standard InChI is InChI=1S/C13H12BrNO2/c14-10-3-1-2-4-13(10)17-8-9-5-6-12(16)11(15)7-9/h1-7,16H,8,15H2. The van der Waals surface area contributed by atoms with Crippen LogP contribution in [0.15, 0.2) is 46.9 Å². The molecular weight excluding hydrogens is 282 g/mol. The SMILES string of the molecule is Nc1cc(COc2ccccc2Br)ccc1O. The summed E-state index contributed by atoms with van der Waals surface area (Å²) >= 11 is 3.41. The van der Waals surface area contributed by atoms with Gasteiger partial charge < -0.3 is 15.6 Å². The number of benzene rings is 2. The van der Waals surface area contributed by atoms with Crippen LogP contribution in [0.3, 0.4) is 0 Å². The lowest BCUT2D eigenvalue weighted by Gasteiger charge is -2.08. The molecule has 0 saturated carbocycles. The number of ether oxygens (including phenoxy) is 1. The number of para-hydroxylation sites is 1. The number of phenolic OH excluding ortho intramolecular Hbond substituents is 1. The second-order valence-corrected chi connectivity index (χ2v) is 4.47. The van der Waals surface area contributed by atoms with Crippen LogP contribution in [0.1, 0.15) is 5.56 Å². The van der Waals surface area contributed by atoms with Crippen molar-refractivity contribution in [3.8, 4) is 11.5 Å². The molecule has 0 bridgehead atoms. The van der Waals surface area contributed by atoms with Gasteiger partial charge in [-0.05, 0) is 45.8 Å². The molecule has 0 heterocycles. The summed E-state index contributed by atoms with van der Waals surface area (Å²) in [6, 6.07) is 12.7. The Hall–Kier alpha value is -1.68. The lowest BCUT2D eigenvalue weighted by molar-refractivity contribution is 0.304. The second kappa shape index (κ2) is 5.10. The van der Waals surface area contributed by atoms with Gasteiger partial charge in [-0.25, -0.2) is 0 Å². The molecule has 0 aliphatic carbocycles. The van der Waals surface area contributed by atoms with Crippen LogP contribution in [-0.2, 0) is 6.61 Å². The number of phenols is 1. The average molecular weight is 294 g/mol. The molecule has 0 radical (unpaired) electrons. The van der Waals surface area contributed by atoms with E-state index >= 15 is 0 Å². The van der Waals surface area contributed by atoms with Crippen molar-refractivity contribution >= 4 is 21.6 Å². The quantitative estimate of drug-likeness (QED) is 0.674. The Morgan fingerprint density at radius 2 is 1.94 bits per heavy atom. The highest BCUT2D eigenvalue weighted by Gasteiger charge is 2.02. The van der Waals surface area contributed by atoms with Crippen molar-refractivity contribution in [2.45, 2.75) is 6.61 Å². The zero-order chi connectivity index (χ0) is 12.3. The number of nitrogens with two attached hydrogens (primary N) is 1. The maximum absolute atomic E-state index is 9.30. The van der Waals surface area contributed by atoms with E-state index in [9.17, 15) is 5.11 Å². The van der Waals surface area contributed by atoms with Crippen molar-refractivity contribution < 1.29 is 9.84 Å². The van der Waals surface area contributed by atoms with Gasteiger partial charge in [-0.1, -0.05) is 18.2 Å². The summed E-state index contributed by atoms with van der Waals surface area (Å²) in [5.41, 5.74) is 6.88. The third kappa shape index (κ3) is 2.91. The summed E-state index contributed by atoms with van der Waals surface area (Å²) in [6.45, 7) is 0.410. The highest BCUT2D eigenvalue weighted by Crippen LogP contribution is 2.26. The first-order valence-electron chi connectivity index (χ1n) is 5.11. The molecule has 2 aromatic carbocycles. The Labute approximate surface area is 108 Å². The summed E-state index contributed by atoms with van der Waals surface area (Å²) in [4.78, 5) is 0. The van der Waals surface area contributed by atoms with Gasteiger partial charge in [0.2, 0.25) is 0 Å². The molecule has 0 unspecified atom stereocenters. The Morgan fingerprint density at radius 1 is 1.18 bits per heavy atom. The number of hydrogen-bond donors (Lipinski definition) is 2. The fourth-order valence-electron chi connectivity index (χ4n) is 1.42. The molecule has 0 fully saturated rings. The third-order valence-electron chi connectivity index (χ3n) is 2.32. The smallest absolute Gasteiger partial charge is 0.138 e. The Kier molecular flexibility index (Phi) is 3.54. The lowest BCUT2D eigenvalue weighted by Crippen LogP contribution is -1.97. The molecule has 0 atom stereocenters. The highest BCUT2D eigenvalue weighted by molar-refractivity contribution is 9.10. The van der Waals surface area contributed by atoms with Crippen LogP contribution in [0.25, 0.3) is 0 Å². The van der Waals surface area contributed by atoms with Gasteiger partial charge in [0.15, 0.2) is 0 Å². The largest absolute Gasteiger partial charge is 0.506 e. The fourth-order valence-corrected chi connectivity index (χ4v) is 1.82. The minimum Gasteiger partial charge on any atom is -0.506 e. The molecular formula is C13H12BrNO2. The normalized spacial score (nSPS) is 10.2. The van der Waals surface area contributed by atoms with Crippen LogP contribution in [-0.4, -0.2) is 5.11 Å². The van der Waals surface area contributed by atoms with Gasteiger partial charge in [0.25, 0.3) is 0 Å². The summed E-state index contributed by atoms with van der Waals surface area (Å²) in [5.74, 6) is 0.869. The van der Waals surface area contributed by atoms with Crippen LogP contribution >= 0.6 is 15.9 Å². The van der Waals surface area contributed by atoms with Crippen molar-refractivity contribution in [3.05, 3.63) is 52.5 Å². The van der Waals surface area contributed by atoms with Crippen LogP contribution in [0.5, 0.6) is 11.5 Å². The summed E-state index contributed by atoms with van der Waals surface area (Å²) in [5, 5.41) is 9.30. The minimum absolute atomic E-state index is 0.0923. The van der Waals surface area contributed by atoms with E-state index in [1.54, 1.807) is 18.2 Å². The fraction of sp³-hybridized carbons (Fsp3) is 0.0769. The Morgan fingerprint density at radius 3 is 2.65 bits per heavy atom. The Balaban J connectivity index is 2.08. The predicted molar refractivity (Wildman–Crippen MR) is 71.0 cm³/mol. The van der Waals surface area contributed by atoms with Crippen LogP contribution in [0, 0.1) is 0 Å². The molecule has 3 N–H and O–H groups in total. The van der Waals surface area contributed by atoms with Crippen molar-refractivity contribution in [2.75, 3.05) is 5.73 Å². The van der Waals surface area contributed by atoms with Crippen LogP contribution in [0.2, 0.25) is 0 Å². The van der Waals surface area contributed by atoms with E-state index in [0.29, 0.717) is 12.3 Å². The van der Waals surface area contributed by atoms with Crippen LogP contribution < -0.4 is 10.5 Å². The number of hydrogen-bond acceptors (Lipinski definition) is 3. The van der Waals surface area contributed by atoms with E-state index in [1.807, 2.05) is 24.3 Å². The summed E-state index contributed by atoms with van der Waals surface area (Å²) in [7, 11) is 0. The van der Waals surface area contributed by atoms with E-state index in [-0.39, 0.29) is 5.75 Å². The molecule has 17 heavy (non-hydrogen) atoms. The lowest BCUT2D eigenvalue weighted by atomic mass is 10.2. The van der Waals surface area contributed by atoms with E-state index in [0.717, 1.165) is 15.8 Å². The topological polar surface area (TPSA) is 55.5 Å². The molecule has 0 aliphatic rings. The molecule has 0 aliphatic heterocycles. The Bertz CT molecular complexity index is 529. The summed E-state index contributed by atoms with van der Waals surface area (Å²) < 4.78 is 6.54. The molecule has 2 rings (SSSR count). The first-order valence-corrected chi connectivity index (χ1v) is 5.91. The molecule has 4 heteroatoms. The minimum atomic E-state index is 0.0923. The zero-order valence-electron chi connectivity index (χ0n) is 9.06. The van der Waals surface area contributed by atoms with Gasteiger partial charge in [0, 0.05) is 0 Å². The summed E-state index contributed by atoms with van der Waals surface area (Å²) in [6.07, 6.45) is 0. The van der Waals surface area contributed by atoms with E-state index in [4.69, 9.17) is 10.5 Å². The number of rotatable bonds is 3. The van der Waals surface area contributed by atoms with Gasteiger partial charge in [0.1, 0.15) is 18.1 Å². The molecule has 0 spiro atoms. The first-order chi connectivity index (χ1) is 8.16. The third-order valence-corrected chi connectivity index (χ3v) is 2.98. The molecule has 3 nitrogen and oxygen atoms in total. The maximum Gasteiger partial charge on any atom is 0.138 e. The van der Waals surface area contributed by atoms with Crippen LogP contribution in [0.4, 0.5) is 5.69 Å². The highest BCUT2D eigenvalue weighted by atomic mass is 79.9. The van der Waals surface area contributed by atoms with Gasteiger partial charge >= 0.3 is 0 Å². The predicted octanol–water partition coefficient (Wildman–Crippen LogP) is 3.32. The van der Waals surface area contributed by atoms with Gasteiger partial charge in [0.05, 0.1) is 10.2 Å². The zero-order valence-corrected chi connectivity index (χ0v) is 10.6. The molecule has 2 aromatic rings. The number of nitrogen functional groups attached to an aromatic ring is 1. The number of aromatic hydroxyl groups is 1. The molecule has 0 aromatic heterocycles. The van der Waals surface area contributed by atoms with Gasteiger partial charge in [-0.15, -0.1) is 0 Å². The van der Waals surface area contributed by atoms with E-state index in [2.05, 4.69) is 15.9 Å². The first kappa shape index (κ1) is 11.8. The van der Waals surface area contributed by atoms with Crippen molar-refractivity contribution in [3.63, 3.8) is 0 Å². The monoisotopic (exact) mass is 293 g/mol. The number of halogens is 1. The van der Waals surface area contributed by atoms with E-state index in [1.165, 1.54) is 0 Å². The number of anilines is 1. The van der Waals surface area contributed by atoms with E-state index < -0.39 is 0 Å². The average Bonchev–Trinajstić information content (AvgIpc) is 2.32. The van der Waals surface area contributed by atoms with Gasteiger partial charge in [-0.3, -0.25) is 0 Å². The molecule has 0 amide bonds. The molecule has 88 valence electrons.